The minimum Gasteiger partial charge on any atom is -0.468 e. The van der Waals surface area contributed by atoms with Gasteiger partial charge in [0, 0.05) is 20.3 Å². The summed E-state index contributed by atoms with van der Waals surface area (Å²) in [6.45, 7) is 18.1. The number of rotatable bonds is 10. The Hall–Kier alpha value is -2.07. The number of hydrogen-bond donors (Lipinski definition) is 0. The van der Waals surface area contributed by atoms with Gasteiger partial charge in [-0.2, -0.15) is 0 Å². The van der Waals surface area contributed by atoms with Gasteiger partial charge in [-0.25, -0.2) is 4.79 Å². The number of carbonyl (C=O) groups is 1. The van der Waals surface area contributed by atoms with E-state index in [0.717, 1.165) is 61.0 Å². The molecule has 0 radical (unpaired) electrons. The minimum atomic E-state index is -0.499. The summed E-state index contributed by atoms with van der Waals surface area (Å²) in [5, 5.41) is 0. The van der Waals surface area contributed by atoms with E-state index in [1.807, 2.05) is 32.9 Å². The summed E-state index contributed by atoms with van der Waals surface area (Å²) < 4.78 is 35.4. The fraction of sp³-hybridized carbons (Fsp3) is 0.710. The quantitative estimate of drug-likeness (QED) is 0.201. The average molecular weight is 560 g/mol. The molecule has 0 aliphatic carbocycles. The summed E-state index contributed by atoms with van der Waals surface area (Å²) in [5.41, 5.74) is 1.71. The van der Waals surface area contributed by atoms with E-state index in [4.69, 9.17) is 28.3 Å². The van der Waals surface area contributed by atoms with Crippen molar-refractivity contribution in [2.75, 3.05) is 33.6 Å². The van der Waals surface area contributed by atoms with Crippen molar-refractivity contribution in [2.45, 2.75) is 110 Å². The Kier molecular flexibility index (Phi) is 11.1. The number of aryl methyl sites for hydroxylation is 1. The molecular formula is C31H50BNO7. The van der Waals surface area contributed by atoms with E-state index in [1.54, 1.807) is 12.0 Å². The van der Waals surface area contributed by atoms with Gasteiger partial charge in [-0.05, 0) is 116 Å². The molecule has 0 saturated carbocycles. The van der Waals surface area contributed by atoms with E-state index in [2.05, 4.69) is 46.8 Å². The molecule has 1 aromatic carbocycles. The smallest absolute Gasteiger partial charge is 0.468 e. The Morgan fingerprint density at radius 2 is 1.85 bits per heavy atom. The molecule has 1 atom stereocenters. The Bertz CT molecular complexity index is 1000. The van der Waals surface area contributed by atoms with Crippen LogP contribution in [-0.4, -0.2) is 74.6 Å². The van der Waals surface area contributed by atoms with Crippen LogP contribution in [0.4, 0.5) is 4.79 Å². The lowest BCUT2D eigenvalue weighted by Crippen LogP contribution is -2.41. The predicted molar refractivity (Wildman–Crippen MR) is 159 cm³/mol. The van der Waals surface area contributed by atoms with E-state index in [0.29, 0.717) is 13.2 Å². The first-order valence-electron chi connectivity index (χ1n) is 14.6. The van der Waals surface area contributed by atoms with Crippen molar-refractivity contribution in [1.82, 2.24) is 4.90 Å². The highest BCUT2D eigenvalue weighted by molar-refractivity contribution is 6.63. The number of carbonyl (C=O) groups excluding carboxylic acids is 1. The normalized spacial score (nSPS) is 21.1. The van der Waals surface area contributed by atoms with Crippen molar-refractivity contribution >= 4 is 24.8 Å². The van der Waals surface area contributed by atoms with E-state index < -0.39 is 23.9 Å². The van der Waals surface area contributed by atoms with Crippen LogP contribution < -0.4 is 10.2 Å². The van der Waals surface area contributed by atoms with Gasteiger partial charge in [-0.3, -0.25) is 0 Å². The third-order valence-electron chi connectivity index (χ3n) is 7.68. The standard InChI is InChI=1S/C31H50BNO7/c1-23-19-25(37-22-35-9)20-27(32-39-30(5,6)31(7,8)40-32)26(23)16-11-10-14-18-36-24-15-12-13-17-33(21-24)28(34)38-29(2,3)4/h11,16,19-20,24H,10,12-15,17-18,21-22H2,1-9H3/b16-11+. The van der Waals surface area contributed by atoms with Gasteiger partial charge >= 0.3 is 13.2 Å². The van der Waals surface area contributed by atoms with Crippen LogP contribution in [-0.2, 0) is 23.5 Å². The molecule has 1 amide bonds. The van der Waals surface area contributed by atoms with Gasteiger partial charge in [0.1, 0.15) is 11.4 Å². The predicted octanol–water partition coefficient (Wildman–Crippen LogP) is 5.88. The van der Waals surface area contributed by atoms with Crippen molar-refractivity contribution in [3.8, 4) is 5.75 Å². The lowest BCUT2D eigenvalue weighted by Gasteiger charge is -2.32. The zero-order valence-corrected chi connectivity index (χ0v) is 26.1. The van der Waals surface area contributed by atoms with Gasteiger partial charge in [-0.15, -0.1) is 0 Å². The van der Waals surface area contributed by atoms with E-state index in [9.17, 15) is 4.79 Å². The zero-order chi connectivity index (χ0) is 29.6. The molecule has 2 aliphatic heterocycles. The number of nitrogens with zero attached hydrogens (tertiary/aromatic N) is 1. The molecule has 1 aromatic rings. The molecule has 9 heteroatoms. The zero-order valence-electron chi connectivity index (χ0n) is 26.1. The van der Waals surface area contributed by atoms with Gasteiger partial charge < -0.3 is 33.2 Å². The lowest BCUT2D eigenvalue weighted by atomic mass is 9.74. The Morgan fingerprint density at radius 3 is 2.50 bits per heavy atom. The number of allylic oxidation sites excluding steroid dienone is 1. The second-order valence-electron chi connectivity index (χ2n) is 12.8. The van der Waals surface area contributed by atoms with E-state index >= 15 is 0 Å². The molecule has 2 heterocycles. The van der Waals surface area contributed by atoms with Gasteiger partial charge in [0.2, 0.25) is 0 Å². The van der Waals surface area contributed by atoms with E-state index in [-0.39, 0.29) is 19.0 Å². The molecule has 2 fully saturated rings. The maximum absolute atomic E-state index is 12.6. The van der Waals surface area contributed by atoms with Gasteiger partial charge in [0.05, 0.1) is 23.9 Å². The maximum Gasteiger partial charge on any atom is 0.495 e. The number of benzene rings is 1. The summed E-state index contributed by atoms with van der Waals surface area (Å²) in [5.74, 6) is 0.721. The van der Waals surface area contributed by atoms with Crippen molar-refractivity contribution < 1.29 is 33.1 Å². The first-order chi connectivity index (χ1) is 18.7. The molecule has 1 unspecified atom stereocenters. The fourth-order valence-corrected chi connectivity index (χ4v) is 4.78. The highest BCUT2D eigenvalue weighted by Gasteiger charge is 2.52. The van der Waals surface area contributed by atoms with Crippen LogP contribution in [0.5, 0.6) is 5.75 Å². The van der Waals surface area contributed by atoms with Crippen LogP contribution in [0.15, 0.2) is 18.2 Å². The van der Waals surface area contributed by atoms with Crippen LogP contribution in [0.3, 0.4) is 0 Å². The van der Waals surface area contributed by atoms with Gasteiger partial charge in [-0.1, -0.05) is 12.2 Å². The van der Waals surface area contributed by atoms with Gasteiger partial charge in [0.15, 0.2) is 6.79 Å². The Morgan fingerprint density at radius 1 is 1.15 bits per heavy atom. The average Bonchev–Trinajstić information content (AvgIpc) is 2.99. The molecule has 0 bridgehead atoms. The highest BCUT2D eigenvalue weighted by atomic mass is 16.7. The van der Waals surface area contributed by atoms with Crippen LogP contribution in [0.2, 0.25) is 0 Å². The minimum absolute atomic E-state index is 0.0378. The number of hydrogen-bond acceptors (Lipinski definition) is 7. The monoisotopic (exact) mass is 559 g/mol. The van der Waals surface area contributed by atoms with Crippen molar-refractivity contribution in [3.05, 3.63) is 29.3 Å². The number of amides is 1. The van der Waals surface area contributed by atoms with Crippen molar-refractivity contribution in [2.24, 2.45) is 0 Å². The van der Waals surface area contributed by atoms with E-state index in [1.165, 1.54) is 0 Å². The molecule has 2 aliphatic rings. The fourth-order valence-electron chi connectivity index (χ4n) is 4.78. The molecule has 3 rings (SSSR count). The molecule has 40 heavy (non-hydrogen) atoms. The number of likely N-dealkylation sites (tertiary alicyclic amines) is 1. The molecule has 0 N–H and O–H groups in total. The maximum atomic E-state index is 12.6. The van der Waals surface area contributed by atoms with Crippen molar-refractivity contribution in [3.63, 3.8) is 0 Å². The summed E-state index contributed by atoms with van der Waals surface area (Å²) in [6, 6.07) is 4.00. The van der Waals surface area contributed by atoms with Crippen LogP contribution in [0, 0.1) is 6.92 Å². The summed E-state index contributed by atoms with van der Waals surface area (Å²) >= 11 is 0. The Balaban J connectivity index is 1.60. The lowest BCUT2D eigenvalue weighted by molar-refractivity contribution is 0.000846. The third-order valence-corrected chi connectivity index (χ3v) is 7.68. The number of ether oxygens (including phenoxy) is 4. The van der Waals surface area contributed by atoms with Crippen LogP contribution in [0.1, 0.15) is 91.7 Å². The van der Waals surface area contributed by atoms with Crippen molar-refractivity contribution in [1.29, 1.82) is 0 Å². The SMILES string of the molecule is COCOc1cc(C)c(/C=C/CCCOC2CCCCN(C(=O)OC(C)(C)C)C2)c(B2OC(C)(C)C(C)(C)O2)c1. The molecule has 224 valence electrons. The summed E-state index contributed by atoms with van der Waals surface area (Å²) in [6.07, 6.45) is 8.85. The molecule has 2 saturated heterocycles. The Labute approximate surface area is 241 Å². The first kappa shape index (κ1) is 32.4. The van der Waals surface area contributed by atoms with Crippen LogP contribution >= 0.6 is 0 Å². The molecule has 0 spiro atoms. The van der Waals surface area contributed by atoms with Crippen LogP contribution in [0.25, 0.3) is 6.08 Å². The first-order valence-corrected chi connectivity index (χ1v) is 14.6. The molecular weight excluding hydrogens is 509 g/mol. The highest BCUT2D eigenvalue weighted by Crippen LogP contribution is 2.37. The largest absolute Gasteiger partial charge is 0.495 e. The summed E-state index contributed by atoms with van der Waals surface area (Å²) in [7, 11) is 1.11. The molecule has 8 nitrogen and oxygen atoms in total. The summed E-state index contributed by atoms with van der Waals surface area (Å²) in [4.78, 5) is 14.4. The van der Waals surface area contributed by atoms with Gasteiger partial charge in [0.25, 0.3) is 0 Å². The molecule has 0 aromatic heterocycles. The second kappa shape index (κ2) is 13.7. The third kappa shape index (κ3) is 8.97. The number of unbranched alkanes of at least 4 members (excludes halogenated alkanes) is 1. The topological polar surface area (TPSA) is 75.7 Å². The second-order valence-corrected chi connectivity index (χ2v) is 12.8. The number of methoxy groups -OCH3 is 1.